The highest BCUT2D eigenvalue weighted by Gasteiger charge is 2.51. The van der Waals surface area contributed by atoms with E-state index in [0.717, 1.165) is 12.0 Å². The average molecular weight is 363 g/mol. The molecule has 2 unspecified atom stereocenters. The van der Waals surface area contributed by atoms with Gasteiger partial charge >= 0.3 is 6.09 Å². The molecule has 1 fully saturated rings. The summed E-state index contributed by atoms with van der Waals surface area (Å²) in [5.41, 5.74) is 1.43. The molecule has 7 heteroatoms. The maximum atomic E-state index is 12.4. The van der Waals surface area contributed by atoms with Gasteiger partial charge in [-0.25, -0.2) is 4.79 Å². The Kier molecular flexibility index (Phi) is 5.88. The van der Waals surface area contributed by atoms with Gasteiger partial charge in [0.05, 0.1) is 18.7 Å². The minimum absolute atomic E-state index is 0.408. The van der Waals surface area contributed by atoms with Crippen molar-refractivity contribution in [3.8, 4) is 6.07 Å². The van der Waals surface area contributed by atoms with Crippen molar-refractivity contribution in [3.63, 3.8) is 0 Å². The van der Waals surface area contributed by atoms with Gasteiger partial charge in [0, 0.05) is 20.1 Å². The molecule has 1 aromatic carbocycles. The Morgan fingerprint density at radius 1 is 1.28 bits per heavy atom. The van der Waals surface area contributed by atoms with E-state index in [0.29, 0.717) is 18.5 Å². The Morgan fingerprint density at radius 2 is 1.92 bits per heavy atom. The predicted molar refractivity (Wildman–Crippen MR) is 96.4 cm³/mol. The second-order valence-corrected chi connectivity index (χ2v) is 11.6. The molecule has 1 aromatic rings. The molecule has 1 heterocycles. The number of ether oxygens (including phenoxy) is 2. The van der Waals surface area contributed by atoms with Gasteiger partial charge in [-0.15, -0.1) is 0 Å². The van der Waals surface area contributed by atoms with Crippen LogP contribution < -0.4 is 0 Å². The lowest BCUT2D eigenvalue weighted by Crippen LogP contribution is -2.58. The maximum absolute atomic E-state index is 12.4. The van der Waals surface area contributed by atoms with Crippen LogP contribution in [-0.2, 0) is 13.9 Å². The van der Waals surface area contributed by atoms with Crippen LogP contribution in [0, 0.1) is 11.3 Å². The number of nitriles is 1. The minimum atomic E-state index is -1.96. The standard InChI is InChI=1S/C18H26N2O4Si/c1-22-17(21)20-12-6-11-18(23-2,24-25(3,4)5)16(20)15-9-7-14(13-19)8-10-15/h7-10,16H,6,11-12H2,1-5H3. The number of piperidine rings is 1. The molecule has 1 amide bonds. The van der Waals surface area contributed by atoms with Crippen molar-refractivity contribution >= 4 is 14.4 Å². The minimum Gasteiger partial charge on any atom is -0.453 e. The molecular weight excluding hydrogens is 336 g/mol. The molecule has 25 heavy (non-hydrogen) atoms. The molecule has 1 aliphatic heterocycles. The summed E-state index contributed by atoms with van der Waals surface area (Å²) >= 11 is 0. The molecule has 6 nitrogen and oxygen atoms in total. The zero-order valence-corrected chi connectivity index (χ0v) is 16.5. The van der Waals surface area contributed by atoms with Crippen LogP contribution in [0.2, 0.25) is 19.6 Å². The molecule has 0 N–H and O–H groups in total. The highest BCUT2D eigenvalue weighted by Crippen LogP contribution is 2.44. The Labute approximate surface area is 150 Å². The predicted octanol–water partition coefficient (Wildman–Crippen LogP) is 3.66. The van der Waals surface area contributed by atoms with E-state index in [9.17, 15) is 4.79 Å². The van der Waals surface area contributed by atoms with E-state index in [4.69, 9.17) is 19.2 Å². The quantitative estimate of drug-likeness (QED) is 0.604. The molecule has 2 rings (SSSR count). The third-order valence-corrected chi connectivity index (χ3v) is 5.20. The number of nitrogens with zero attached hydrogens (tertiary/aromatic N) is 2. The summed E-state index contributed by atoms with van der Waals surface area (Å²) in [6, 6.07) is 8.88. The van der Waals surface area contributed by atoms with Crippen LogP contribution in [0.4, 0.5) is 4.79 Å². The first kappa shape index (κ1) is 19.4. The summed E-state index contributed by atoms with van der Waals surface area (Å²) in [6.07, 6.45) is 1.04. The molecule has 1 aliphatic rings. The Bertz CT molecular complexity index is 651. The first-order valence-corrected chi connectivity index (χ1v) is 11.8. The Hall–Kier alpha value is -1.88. The van der Waals surface area contributed by atoms with Gasteiger partial charge in [-0.3, -0.25) is 4.90 Å². The number of carbonyl (C=O) groups excluding carboxylic acids is 1. The largest absolute Gasteiger partial charge is 0.453 e. The fourth-order valence-corrected chi connectivity index (χ4v) is 4.70. The SMILES string of the molecule is COC(=O)N1CCCC(OC)(O[Si](C)(C)C)C1c1ccc(C#N)cc1. The summed E-state index contributed by atoms with van der Waals surface area (Å²) in [6.45, 7) is 6.86. The van der Waals surface area contributed by atoms with Gasteiger partial charge in [0.1, 0.15) is 6.04 Å². The van der Waals surface area contributed by atoms with E-state index in [-0.39, 0.29) is 0 Å². The first-order chi connectivity index (χ1) is 11.8. The number of carbonyl (C=O) groups is 1. The second-order valence-electron chi connectivity index (χ2n) is 7.13. The van der Waals surface area contributed by atoms with E-state index in [1.54, 1.807) is 24.1 Å². The number of benzene rings is 1. The summed E-state index contributed by atoms with van der Waals surface area (Å²) in [4.78, 5) is 14.1. The monoisotopic (exact) mass is 362 g/mol. The van der Waals surface area contributed by atoms with Gasteiger partial charge in [0.25, 0.3) is 0 Å². The van der Waals surface area contributed by atoms with Crippen molar-refractivity contribution in [1.82, 2.24) is 4.90 Å². The van der Waals surface area contributed by atoms with Crippen molar-refractivity contribution in [3.05, 3.63) is 35.4 Å². The first-order valence-electron chi connectivity index (χ1n) is 8.36. The van der Waals surface area contributed by atoms with Crippen molar-refractivity contribution in [1.29, 1.82) is 5.26 Å². The number of methoxy groups -OCH3 is 2. The maximum Gasteiger partial charge on any atom is 0.410 e. The molecule has 2 atom stereocenters. The van der Waals surface area contributed by atoms with Gasteiger partial charge in [0.2, 0.25) is 0 Å². The molecule has 136 valence electrons. The zero-order chi connectivity index (χ0) is 18.7. The summed E-state index contributed by atoms with van der Waals surface area (Å²) in [5, 5.41) is 9.04. The van der Waals surface area contributed by atoms with E-state index in [2.05, 4.69) is 25.7 Å². The number of likely N-dealkylation sites (tertiary alicyclic amines) is 1. The number of hydrogen-bond donors (Lipinski definition) is 0. The van der Waals surface area contributed by atoms with Gasteiger partial charge in [-0.2, -0.15) is 5.26 Å². The van der Waals surface area contributed by atoms with Gasteiger partial charge in [-0.1, -0.05) is 12.1 Å². The van der Waals surface area contributed by atoms with Crippen LogP contribution in [0.25, 0.3) is 0 Å². The fraction of sp³-hybridized carbons (Fsp3) is 0.556. The Balaban J connectivity index is 2.54. The van der Waals surface area contributed by atoms with Gasteiger partial charge < -0.3 is 13.9 Å². The number of rotatable bonds is 4. The van der Waals surface area contributed by atoms with Gasteiger partial charge in [-0.05, 0) is 43.8 Å². The molecule has 0 aliphatic carbocycles. The van der Waals surface area contributed by atoms with E-state index in [1.807, 2.05) is 12.1 Å². The van der Waals surface area contributed by atoms with Crippen LogP contribution in [-0.4, -0.2) is 45.9 Å². The topological polar surface area (TPSA) is 71.8 Å². The summed E-state index contributed by atoms with van der Waals surface area (Å²) in [5.74, 6) is -0.926. The van der Waals surface area contributed by atoms with Gasteiger partial charge in [0.15, 0.2) is 14.1 Å². The smallest absolute Gasteiger partial charge is 0.410 e. The lowest BCUT2D eigenvalue weighted by Gasteiger charge is -2.50. The molecule has 0 saturated carbocycles. The highest BCUT2D eigenvalue weighted by molar-refractivity contribution is 6.69. The fourth-order valence-electron chi connectivity index (χ4n) is 3.37. The average Bonchev–Trinajstić information content (AvgIpc) is 2.59. The van der Waals surface area contributed by atoms with E-state index < -0.39 is 26.2 Å². The zero-order valence-electron chi connectivity index (χ0n) is 15.5. The van der Waals surface area contributed by atoms with Crippen LogP contribution >= 0.6 is 0 Å². The van der Waals surface area contributed by atoms with Crippen molar-refractivity contribution in [2.75, 3.05) is 20.8 Å². The van der Waals surface area contributed by atoms with Crippen LogP contribution in [0.5, 0.6) is 0 Å². The third-order valence-electron chi connectivity index (χ3n) is 4.24. The summed E-state index contributed by atoms with van der Waals surface area (Å²) in [7, 11) is 1.04. The molecule has 0 aromatic heterocycles. The van der Waals surface area contributed by atoms with Crippen molar-refractivity contribution < 1.29 is 18.7 Å². The molecule has 0 bridgehead atoms. The molecule has 0 radical (unpaired) electrons. The van der Waals surface area contributed by atoms with Crippen LogP contribution in [0.3, 0.4) is 0 Å². The molecular formula is C18H26N2O4Si. The normalized spacial score (nSPS) is 23.8. The molecule has 0 spiro atoms. The lowest BCUT2D eigenvalue weighted by atomic mass is 9.89. The molecule has 1 saturated heterocycles. The number of amides is 1. The van der Waals surface area contributed by atoms with Crippen molar-refractivity contribution in [2.45, 2.75) is 44.3 Å². The lowest BCUT2D eigenvalue weighted by molar-refractivity contribution is -0.229. The second kappa shape index (κ2) is 7.56. The summed E-state index contributed by atoms with van der Waals surface area (Å²) < 4.78 is 17.4. The van der Waals surface area contributed by atoms with Crippen LogP contribution in [0.15, 0.2) is 24.3 Å². The third kappa shape index (κ3) is 4.21. The Morgan fingerprint density at radius 3 is 2.40 bits per heavy atom. The van der Waals surface area contributed by atoms with E-state index in [1.165, 1.54) is 7.11 Å². The van der Waals surface area contributed by atoms with E-state index >= 15 is 0 Å². The highest BCUT2D eigenvalue weighted by atomic mass is 28.4. The number of hydrogen-bond acceptors (Lipinski definition) is 5. The van der Waals surface area contributed by atoms with Crippen LogP contribution in [0.1, 0.15) is 30.0 Å². The van der Waals surface area contributed by atoms with Crippen molar-refractivity contribution in [2.24, 2.45) is 0 Å².